The number of hydrogen-bond donors (Lipinski definition) is 0. The summed E-state index contributed by atoms with van der Waals surface area (Å²) < 4.78 is 10.2. The Hall–Kier alpha value is -1.32. The third kappa shape index (κ3) is 12.4. The Morgan fingerprint density at radius 2 is 1.36 bits per heavy atom. The van der Waals surface area contributed by atoms with Crippen molar-refractivity contribution >= 4 is 11.9 Å². The summed E-state index contributed by atoms with van der Waals surface area (Å²) in [7, 11) is 0. The van der Waals surface area contributed by atoms with E-state index in [4.69, 9.17) is 9.47 Å². The first kappa shape index (κ1) is 20.7. The van der Waals surface area contributed by atoms with Gasteiger partial charge in [0.15, 0.2) is 0 Å². The van der Waals surface area contributed by atoms with Crippen LogP contribution in [-0.4, -0.2) is 24.6 Å². The fourth-order valence-corrected chi connectivity index (χ4v) is 2.08. The molecule has 0 atom stereocenters. The van der Waals surface area contributed by atoms with Gasteiger partial charge in [0, 0.05) is 12.2 Å². The summed E-state index contributed by atoms with van der Waals surface area (Å²) in [6.45, 7) is 6.54. The number of hydrogen-bond acceptors (Lipinski definition) is 4. The Kier molecular flexibility index (Phi) is 13.7. The van der Waals surface area contributed by atoms with Gasteiger partial charge in [-0.1, -0.05) is 59.3 Å². The summed E-state index contributed by atoms with van der Waals surface area (Å²) in [5.74, 6) is -0.964. The van der Waals surface area contributed by atoms with Crippen molar-refractivity contribution in [3.05, 3.63) is 12.2 Å². The van der Waals surface area contributed by atoms with Crippen LogP contribution in [0.2, 0.25) is 0 Å². The zero-order chi connectivity index (χ0) is 16.6. The van der Waals surface area contributed by atoms with Crippen LogP contribution in [0, 0.1) is 0 Å². The van der Waals surface area contributed by atoms with Gasteiger partial charge in [0.2, 0.25) is 0 Å². The zero-order valence-electron chi connectivity index (χ0n) is 14.4. The fourth-order valence-electron chi connectivity index (χ4n) is 2.08. The molecule has 4 nitrogen and oxygen atoms in total. The second kappa shape index (κ2) is 14.6. The van der Waals surface area contributed by atoms with Gasteiger partial charge in [-0.3, -0.25) is 0 Å². The molecule has 0 unspecified atom stereocenters. The first-order valence-electron chi connectivity index (χ1n) is 8.69. The Bertz CT molecular complexity index is 319. The van der Waals surface area contributed by atoms with Gasteiger partial charge < -0.3 is 9.47 Å². The summed E-state index contributed by atoms with van der Waals surface area (Å²) >= 11 is 0. The second-order valence-corrected chi connectivity index (χ2v) is 5.50. The maximum Gasteiger partial charge on any atom is 0.331 e. The van der Waals surface area contributed by atoms with Gasteiger partial charge in [0.1, 0.15) is 6.10 Å². The van der Waals surface area contributed by atoms with E-state index in [2.05, 4.69) is 6.92 Å². The highest BCUT2D eigenvalue weighted by Crippen LogP contribution is 2.07. The maximum atomic E-state index is 11.5. The fraction of sp³-hybridized carbons (Fsp3) is 0.778. The largest absolute Gasteiger partial charge is 0.463 e. The smallest absolute Gasteiger partial charge is 0.331 e. The molecular weight excluding hydrogens is 280 g/mol. The molecule has 0 N–H and O–H groups in total. The van der Waals surface area contributed by atoms with Crippen LogP contribution >= 0.6 is 0 Å². The van der Waals surface area contributed by atoms with Crippen molar-refractivity contribution in [2.24, 2.45) is 0 Å². The summed E-state index contributed by atoms with van der Waals surface area (Å²) in [5, 5.41) is 0. The van der Waals surface area contributed by atoms with Gasteiger partial charge in [-0.05, 0) is 19.3 Å². The molecule has 0 heterocycles. The Labute approximate surface area is 135 Å². The van der Waals surface area contributed by atoms with Crippen molar-refractivity contribution < 1.29 is 19.1 Å². The molecular formula is C18H32O4. The van der Waals surface area contributed by atoms with E-state index in [0.717, 1.165) is 37.8 Å². The van der Waals surface area contributed by atoms with E-state index in [1.54, 1.807) is 0 Å². The topological polar surface area (TPSA) is 52.6 Å². The van der Waals surface area contributed by atoms with Crippen molar-refractivity contribution in [1.82, 2.24) is 0 Å². The lowest BCUT2D eigenvalue weighted by atomic mass is 10.1. The standard InChI is InChI=1S/C18H32O4/c1-4-7-8-9-10-11-12-15-21-17(19)13-14-18(20)22-16(5-2)6-3/h13-14,16H,4-12,15H2,1-3H3/b14-13+. The molecule has 4 heteroatoms. The van der Waals surface area contributed by atoms with Crippen molar-refractivity contribution in [1.29, 1.82) is 0 Å². The highest BCUT2D eigenvalue weighted by Gasteiger charge is 2.08. The molecule has 0 aromatic rings. The monoisotopic (exact) mass is 312 g/mol. The molecule has 0 amide bonds. The minimum atomic E-state index is -0.485. The molecule has 0 aliphatic rings. The summed E-state index contributed by atoms with van der Waals surface area (Å²) in [6, 6.07) is 0. The Morgan fingerprint density at radius 1 is 0.818 bits per heavy atom. The van der Waals surface area contributed by atoms with E-state index < -0.39 is 11.9 Å². The normalized spacial score (nSPS) is 11.1. The van der Waals surface area contributed by atoms with Crippen LogP contribution in [0.4, 0.5) is 0 Å². The lowest BCUT2D eigenvalue weighted by molar-refractivity contribution is -0.144. The van der Waals surface area contributed by atoms with Crippen LogP contribution in [0.3, 0.4) is 0 Å². The number of rotatable bonds is 13. The van der Waals surface area contributed by atoms with Crippen molar-refractivity contribution in [2.45, 2.75) is 84.7 Å². The quantitative estimate of drug-likeness (QED) is 0.284. The summed E-state index contributed by atoms with van der Waals surface area (Å²) in [4.78, 5) is 22.9. The van der Waals surface area contributed by atoms with Crippen LogP contribution < -0.4 is 0 Å². The lowest BCUT2D eigenvalue weighted by Gasteiger charge is -2.11. The molecule has 0 aromatic heterocycles. The molecule has 128 valence electrons. The van der Waals surface area contributed by atoms with E-state index in [9.17, 15) is 9.59 Å². The van der Waals surface area contributed by atoms with Gasteiger partial charge in [-0.15, -0.1) is 0 Å². The first-order chi connectivity index (χ1) is 10.6. The number of unbranched alkanes of at least 4 members (excludes halogenated alkanes) is 6. The van der Waals surface area contributed by atoms with Crippen molar-refractivity contribution in [3.63, 3.8) is 0 Å². The molecule has 0 saturated carbocycles. The van der Waals surface area contributed by atoms with E-state index >= 15 is 0 Å². The third-order valence-corrected chi connectivity index (χ3v) is 3.54. The molecule has 0 aromatic carbocycles. The molecule has 0 spiro atoms. The molecule has 0 fully saturated rings. The highest BCUT2D eigenvalue weighted by atomic mass is 16.5. The molecule has 0 saturated heterocycles. The van der Waals surface area contributed by atoms with Crippen LogP contribution in [0.15, 0.2) is 12.2 Å². The SMILES string of the molecule is CCCCCCCCCOC(=O)/C=C/C(=O)OC(CC)CC. The van der Waals surface area contributed by atoms with E-state index in [1.807, 2.05) is 13.8 Å². The average molecular weight is 312 g/mol. The lowest BCUT2D eigenvalue weighted by Crippen LogP contribution is -2.15. The molecule has 0 radical (unpaired) electrons. The van der Waals surface area contributed by atoms with Crippen LogP contribution in [0.1, 0.15) is 78.6 Å². The Morgan fingerprint density at radius 3 is 1.95 bits per heavy atom. The molecule has 22 heavy (non-hydrogen) atoms. The number of carbonyl (C=O) groups excluding carboxylic acids is 2. The number of carbonyl (C=O) groups is 2. The highest BCUT2D eigenvalue weighted by molar-refractivity contribution is 5.91. The summed E-state index contributed by atoms with van der Waals surface area (Å²) in [6.07, 6.45) is 12.0. The van der Waals surface area contributed by atoms with Crippen LogP contribution in [-0.2, 0) is 19.1 Å². The van der Waals surface area contributed by atoms with Gasteiger partial charge in [-0.2, -0.15) is 0 Å². The summed E-state index contributed by atoms with van der Waals surface area (Å²) in [5.41, 5.74) is 0. The van der Waals surface area contributed by atoms with Crippen LogP contribution in [0.5, 0.6) is 0 Å². The number of ether oxygens (including phenoxy) is 2. The van der Waals surface area contributed by atoms with E-state index in [0.29, 0.717) is 6.61 Å². The third-order valence-electron chi connectivity index (χ3n) is 3.54. The van der Waals surface area contributed by atoms with Crippen LogP contribution in [0.25, 0.3) is 0 Å². The van der Waals surface area contributed by atoms with Gasteiger partial charge in [-0.25, -0.2) is 9.59 Å². The van der Waals surface area contributed by atoms with E-state index in [-0.39, 0.29) is 6.10 Å². The first-order valence-corrected chi connectivity index (χ1v) is 8.69. The zero-order valence-corrected chi connectivity index (χ0v) is 14.4. The average Bonchev–Trinajstić information content (AvgIpc) is 2.53. The van der Waals surface area contributed by atoms with Gasteiger partial charge in [0.05, 0.1) is 6.61 Å². The maximum absolute atomic E-state index is 11.5. The molecule has 0 aliphatic carbocycles. The van der Waals surface area contributed by atoms with Gasteiger partial charge >= 0.3 is 11.9 Å². The van der Waals surface area contributed by atoms with Gasteiger partial charge in [0.25, 0.3) is 0 Å². The molecule has 0 rings (SSSR count). The number of esters is 2. The minimum absolute atomic E-state index is 0.0825. The molecule has 0 aliphatic heterocycles. The van der Waals surface area contributed by atoms with Crippen molar-refractivity contribution in [2.75, 3.05) is 6.61 Å². The Balaban J connectivity index is 3.63. The van der Waals surface area contributed by atoms with E-state index in [1.165, 1.54) is 32.1 Å². The molecule has 0 bridgehead atoms. The van der Waals surface area contributed by atoms with Crippen molar-refractivity contribution in [3.8, 4) is 0 Å². The predicted octanol–water partition coefficient (Wildman–Crippen LogP) is 4.57. The second-order valence-electron chi connectivity index (χ2n) is 5.50. The predicted molar refractivity (Wildman–Crippen MR) is 88.6 cm³/mol. The minimum Gasteiger partial charge on any atom is -0.463 e.